The number of aryl methyl sites for hydroxylation is 1. The number of hydrogen-bond acceptors (Lipinski definition) is 4. The van der Waals surface area contributed by atoms with Crippen LogP contribution in [-0.2, 0) is 7.05 Å². The fourth-order valence-corrected chi connectivity index (χ4v) is 2.99. The topological polar surface area (TPSA) is 50.2 Å². The van der Waals surface area contributed by atoms with Crippen molar-refractivity contribution in [1.82, 2.24) is 9.55 Å². The lowest BCUT2D eigenvalue weighted by molar-refractivity contribution is 0.447. The van der Waals surface area contributed by atoms with Crippen molar-refractivity contribution >= 4 is 33.1 Å². The molecule has 2 aromatic rings. The summed E-state index contributed by atoms with van der Waals surface area (Å²) in [4.78, 5) is 18.7. The molecule has 2 aromatic heterocycles. The van der Waals surface area contributed by atoms with E-state index >= 15 is 0 Å². The zero-order chi connectivity index (χ0) is 15.0. The molecule has 6 heteroatoms. The fraction of sp³-hybridized carbons (Fsp3) is 0.333. The highest BCUT2D eigenvalue weighted by atomic mass is 79.9. The Kier molecular flexibility index (Phi) is 3.71. The van der Waals surface area contributed by atoms with Gasteiger partial charge in [0, 0.05) is 30.8 Å². The van der Waals surface area contributed by atoms with E-state index in [0.29, 0.717) is 11.5 Å². The third-order valence-electron chi connectivity index (χ3n) is 3.59. The third kappa shape index (κ3) is 2.95. The molecule has 0 radical (unpaired) electrons. The molecule has 0 aliphatic carbocycles. The van der Waals surface area contributed by atoms with Crippen molar-refractivity contribution in [2.75, 3.05) is 23.3 Å². The van der Waals surface area contributed by atoms with Crippen molar-refractivity contribution in [3.8, 4) is 0 Å². The Labute approximate surface area is 131 Å². The summed E-state index contributed by atoms with van der Waals surface area (Å²) in [6, 6.07) is 5.69. The summed E-state index contributed by atoms with van der Waals surface area (Å²) in [5.41, 5.74) is 1.55. The first kappa shape index (κ1) is 14.1. The maximum atomic E-state index is 12.0. The van der Waals surface area contributed by atoms with Gasteiger partial charge in [-0.05, 0) is 40.0 Å². The van der Waals surface area contributed by atoms with E-state index in [1.165, 1.54) is 4.57 Å². The largest absolute Gasteiger partial charge is 0.370 e. The monoisotopic (exact) mass is 348 g/mol. The van der Waals surface area contributed by atoms with E-state index in [0.717, 1.165) is 29.2 Å². The highest BCUT2D eigenvalue weighted by Gasteiger charge is 2.22. The Hall–Kier alpha value is -1.82. The molecule has 0 unspecified atom stereocenters. The average molecular weight is 349 g/mol. The first-order valence-electron chi connectivity index (χ1n) is 6.87. The smallest absolute Gasteiger partial charge is 0.274 e. The molecule has 3 rings (SSSR count). The fourth-order valence-electron chi connectivity index (χ4n) is 2.45. The van der Waals surface area contributed by atoms with E-state index in [1.54, 1.807) is 19.3 Å². The molecule has 0 bridgehead atoms. The van der Waals surface area contributed by atoms with Gasteiger partial charge < -0.3 is 14.8 Å². The van der Waals surface area contributed by atoms with Crippen LogP contribution >= 0.6 is 15.9 Å². The summed E-state index contributed by atoms with van der Waals surface area (Å²) in [5, 5.41) is 3.07. The molecule has 0 spiro atoms. The number of rotatable bonds is 3. The Bertz CT molecular complexity index is 705. The van der Waals surface area contributed by atoms with Gasteiger partial charge in [0.15, 0.2) is 0 Å². The van der Waals surface area contributed by atoms with Gasteiger partial charge in [-0.15, -0.1) is 0 Å². The molecular formula is C15H17BrN4O. The van der Waals surface area contributed by atoms with Crippen molar-refractivity contribution in [2.24, 2.45) is 13.0 Å². The minimum atomic E-state index is -0.0827. The first-order valence-corrected chi connectivity index (χ1v) is 7.66. The summed E-state index contributed by atoms with van der Waals surface area (Å²) < 4.78 is 2.38. The van der Waals surface area contributed by atoms with Crippen molar-refractivity contribution in [3.63, 3.8) is 0 Å². The van der Waals surface area contributed by atoms with Crippen LogP contribution in [0.3, 0.4) is 0 Å². The number of anilines is 3. The third-order valence-corrected chi connectivity index (χ3v) is 4.02. The Balaban J connectivity index is 1.78. The van der Waals surface area contributed by atoms with E-state index in [1.807, 2.05) is 18.3 Å². The molecule has 0 aromatic carbocycles. The number of nitrogens with zero attached hydrogens (tertiary/aromatic N) is 3. The van der Waals surface area contributed by atoms with Crippen LogP contribution in [0.5, 0.6) is 0 Å². The van der Waals surface area contributed by atoms with Gasteiger partial charge in [0.2, 0.25) is 0 Å². The second-order valence-corrected chi connectivity index (χ2v) is 6.44. The zero-order valence-electron chi connectivity index (χ0n) is 12.0. The second-order valence-electron chi connectivity index (χ2n) is 5.52. The Morgan fingerprint density at radius 3 is 2.76 bits per heavy atom. The van der Waals surface area contributed by atoms with Crippen molar-refractivity contribution < 1.29 is 0 Å². The predicted octanol–water partition coefficient (Wildman–Crippen LogP) is 2.74. The summed E-state index contributed by atoms with van der Waals surface area (Å²) >= 11 is 3.39. The minimum absolute atomic E-state index is 0.0827. The Morgan fingerprint density at radius 1 is 1.38 bits per heavy atom. The van der Waals surface area contributed by atoms with Gasteiger partial charge in [-0.1, -0.05) is 6.92 Å². The van der Waals surface area contributed by atoms with E-state index in [4.69, 9.17) is 0 Å². The van der Waals surface area contributed by atoms with Gasteiger partial charge in [0.1, 0.15) is 11.5 Å². The van der Waals surface area contributed by atoms with Crippen molar-refractivity contribution in [1.29, 1.82) is 0 Å². The van der Waals surface area contributed by atoms with Crippen molar-refractivity contribution in [3.05, 3.63) is 45.4 Å². The van der Waals surface area contributed by atoms with Crippen LogP contribution in [0, 0.1) is 5.92 Å². The number of nitrogens with one attached hydrogen (secondary N) is 1. The quantitative estimate of drug-likeness (QED) is 0.926. The lowest BCUT2D eigenvalue weighted by atomic mass is 10.0. The number of halogens is 1. The van der Waals surface area contributed by atoms with E-state index in [9.17, 15) is 4.79 Å². The first-order chi connectivity index (χ1) is 10.0. The molecule has 0 saturated carbocycles. The minimum Gasteiger partial charge on any atom is -0.370 e. The van der Waals surface area contributed by atoms with Crippen molar-refractivity contribution in [2.45, 2.75) is 6.92 Å². The molecule has 1 aliphatic heterocycles. The van der Waals surface area contributed by atoms with Crippen LogP contribution < -0.4 is 15.8 Å². The lowest BCUT2D eigenvalue weighted by Gasteiger charge is -2.38. The van der Waals surface area contributed by atoms with E-state index in [-0.39, 0.29) is 5.56 Å². The molecule has 0 atom stereocenters. The van der Waals surface area contributed by atoms with Gasteiger partial charge in [-0.3, -0.25) is 4.79 Å². The molecule has 1 aliphatic rings. The van der Waals surface area contributed by atoms with Gasteiger partial charge >= 0.3 is 0 Å². The number of pyridine rings is 2. The van der Waals surface area contributed by atoms with Crippen LogP contribution in [0.2, 0.25) is 0 Å². The molecule has 0 amide bonds. The predicted molar refractivity (Wildman–Crippen MR) is 88.3 cm³/mol. The molecule has 1 N–H and O–H groups in total. The standard InChI is InChI=1S/C15H17BrN4O/c1-10-7-20(8-10)12-3-4-14(17-6-12)18-13-5-11(16)9-19(2)15(13)21/h3-6,9-10H,7-8H2,1-2H3,(H,17,18). The maximum Gasteiger partial charge on any atom is 0.274 e. The van der Waals surface area contributed by atoms with Gasteiger partial charge in [-0.2, -0.15) is 0 Å². The molecule has 110 valence electrons. The number of hydrogen-bond donors (Lipinski definition) is 1. The van der Waals surface area contributed by atoms with Gasteiger partial charge in [0.25, 0.3) is 5.56 Å². The van der Waals surface area contributed by atoms with Gasteiger partial charge in [-0.25, -0.2) is 4.98 Å². The Morgan fingerprint density at radius 2 is 2.14 bits per heavy atom. The van der Waals surface area contributed by atoms with E-state index < -0.39 is 0 Å². The molecule has 1 fully saturated rings. The van der Waals surface area contributed by atoms with Crippen LogP contribution in [-0.4, -0.2) is 22.6 Å². The summed E-state index contributed by atoms with van der Waals surface area (Å²) in [5.74, 6) is 1.43. The van der Waals surface area contributed by atoms with Crippen LogP contribution in [0.15, 0.2) is 39.9 Å². The molecular weight excluding hydrogens is 332 g/mol. The molecule has 3 heterocycles. The highest BCUT2D eigenvalue weighted by Crippen LogP contribution is 2.24. The molecule has 1 saturated heterocycles. The lowest BCUT2D eigenvalue weighted by Crippen LogP contribution is -2.45. The summed E-state index contributed by atoms with van der Waals surface area (Å²) in [7, 11) is 1.72. The van der Waals surface area contributed by atoms with E-state index in [2.05, 4.69) is 38.1 Å². The zero-order valence-corrected chi connectivity index (χ0v) is 13.6. The summed E-state index contributed by atoms with van der Waals surface area (Å²) in [6.07, 6.45) is 3.58. The van der Waals surface area contributed by atoms with Crippen LogP contribution in [0.4, 0.5) is 17.2 Å². The number of aromatic nitrogens is 2. The maximum absolute atomic E-state index is 12.0. The average Bonchev–Trinajstić information content (AvgIpc) is 2.42. The summed E-state index contributed by atoms with van der Waals surface area (Å²) in [6.45, 7) is 4.41. The highest BCUT2D eigenvalue weighted by molar-refractivity contribution is 9.10. The van der Waals surface area contributed by atoms with Gasteiger partial charge in [0.05, 0.1) is 11.9 Å². The van der Waals surface area contributed by atoms with Crippen LogP contribution in [0.25, 0.3) is 0 Å². The second kappa shape index (κ2) is 5.52. The SMILES string of the molecule is CC1CN(c2ccc(Nc3cc(Br)cn(C)c3=O)nc2)C1. The molecule has 21 heavy (non-hydrogen) atoms. The normalized spacial score (nSPS) is 14.9. The van der Waals surface area contributed by atoms with Crippen LogP contribution in [0.1, 0.15) is 6.92 Å². The molecule has 5 nitrogen and oxygen atoms in total.